The SMILES string of the molecule is N#CC(F)=CC1CCC(CCC2CCC(c3ccc(C(F)(F)F)cc3)CC2)CC1. The standard InChI is InChI=1S/C24H29F4N/c25-23(16-29)15-19-5-3-17(4-6-19)1-2-18-7-9-20(10-8-18)21-11-13-22(14-12-21)24(26,27)28/h11-15,17-20H,1-10H2. The first-order valence-corrected chi connectivity index (χ1v) is 10.8. The lowest BCUT2D eigenvalue weighted by molar-refractivity contribution is -0.137. The van der Waals surface area contributed by atoms with Crippen LogP contribution in [-0.4, -0.2) is 0 Å². The Labute approximate surface area is 170 Å². The number of hydrogen-bond donors (Lipinski definition) is 0. The van der Waals surface area contributed by atoms with Crippen molar-refractivity contribution in [2.75, 3.05) is 0 Å². The van der Waals surface area contributed by atoms with Gasteiger partial charge in [0.15, 0.2) is 5.83 Å². The van der Waals surface area contributed by atoms with Gasteiger partial charge in [-0.3, -0.25) is 0 Å². The van der Waals surface area contributed by atoms with E-state index in [1.807, 2.05) is 0 Å². The first kappa shape index (κ1) is 21.9. The molecule has 0 heterocycles. The first-order chi connectivity index (χ1) is 13.8. The minimum absolute atomic E-state index is 0.213. The van der Waals surface area contributed by atoms with E-state index in [9.17, 15) is 17.6 Å². The molecular formula is C24H29F4N. The van der Waals surface area contributed by atoms with Gasteiger partial charge in [-0.25, -0.2) is 0 Å². The van der Waals surface area contributed by atoms with E-state index in [4.69, 9.17) is 5.26 Å². The van der Waals surface area contributed by atoms with Crippen molar-refractivity contribution in [3.63, 3.8) is 0 Å². The van der Waals surface area contributed by atoms with Gasteiger partial charge in [-0.05, 0) is 98.8 Å². The molecule has 0 saturated heterocycles. The predicted octanol–water partition coefficient (Wildman–Crippen LogP) is 7.94. The number of nitriles is 1. The highest BCUT2D eigenvalue weighted by molar-refractivity contribution is 5.27. The van der Waals surface area contributed by atoms with Crippen LogP contribution in [0.4, 0.5) is 17.6 Å². The second kappa shape index (κ2) is 9.78. The molecule has 1 nitrogen and oxygen atoms in total. The van der Waals surface area contributed by atoms with Crippen molar-refractivity contribution < 1.29 is 17.6 Å². The van der Waals surface area contributed by atoms with Crippen LogP contribution < -0.4 is 0 Å². The maximum atomic E-state index is 13.1. The summed E-state index contributed by atoms with van der Waals surface area (Å²) in [5, 5.41) is 8.54. The Morgan fingerprint density at radius 3 is 1.90 bits per heavy atom. The van der Waals surface area contributed by atoms with Gasteiger partial charge in [0.1, 0.15) is 6.07 Å². The molecule has 0 bridgehead atoms. The van der Waals surface area contributed by atoms with Gasteiger partial charge in [0.05, 0.1) is 5.56 Å². The Balaban J connectivity index is 1.38. The van der Waals surface area contributed by atoms with Crippen LogP contribution in [0.1, 0.15) is 81.3 Å². The lowest BCUT2D eigenvalue weighted by Gasteiger charge is -2.31. The minimum atomic E-state index is -4.27. The number of nitrogens with zero attached hydrogens (tertiary/aromatic N) is 1. The highest BCUT2D eigenvalue weighted by Gasteiger charge is 2.31. The largest absolute Gasteiger partial charge is 0.416 e. The molecule has 1 aromatic carbocycles. The summed E-state index contributed by atoms with van der Waals surface area (Å²) in [6, 6.07) is 7.27. The van der Waals surface area contributed by atoms with Gasteiger partial charge in [0, 0.05) is 0 Å². The average molecular weight is 407 g/mol. The van der Waals surface area contributed by atoms with Gasteiger partial charge in [-0.1, -0.05) is 25.0 Å². The molecule has 2 aliphatic rings. The molecule has 0 aromatic heterocycles. The summed E-state index contributed by atoms with van der Waals surface area (Å²) in [5.74, 6) is 1.36. The maximum absolute atomic E-state index is 13.1. The lowest BCUT2D eigenvalue weighted by Crippen LogP contribution is -2.17. The molecule has 0 spiro atoms. The third-order valence-electron chi connectivity index (χ3n) is 6.92. The number of benzene rings is 1. The van der Waals surface area contributed by atoms with Gasteiger partial charge in [0.25, 0.3) is 0 Å². The van der Waals surface area contributed by atoms with Crippen molar-refractivity contribution in [2.24, 2.45) is 17.8 Å². The molecule has 0 unspecified atom stereocenters. The third-order valence-corrected chi connectivity index (χ3v) is 6.92. The number of halogens is 4. The van der Waals surface area contributed by atoms with E-state index in [1.54, 1.807) is 18.2 Å². The van der Waals surface area contributed by atoms with E-state index in [2.05, 4.69) is 0 Å². The molecule has 0 atom stereocenters. The lowest BCUT2D eigenvalue weighted by atomic mass is 9.74. The molecule has 2 aliphatic carbocycles. The molecule has 0 N–H and O–H groups in total. The molecule has 0 radical (unpaired) electrons. The summed E-state index contributed by atoms with van der Waals surface area (Å²) in [4.78, 5) is 0. The van der Waals surface area contributed by atoms with E-state index >= 15 is 0 Å². The molecule has 1 aromatic rings. The summed E-state index contributed by atoms with van der Waals surface area (Å²) in [5.41, 5.74) is 0.461. The molecule has 2 fully saturated rings. The van der Waals surface area contributed by atoms with Crippen molar-refractivity contribution in [3.8, 4) is 6.07 Å². The van der Waals surface area contributed by atoms with Gasteiger partial charge in [0.2, 0.25) is 0 Å². The Hall–Kier alpha value is -1.83. The topological polar surface area (TPSA) is 23.8 Å². The van der Waals surface area contributed by atoms with Crippen LogP contribution in [0.2, 0.25) is 0 Å². The van der Waals surface area contributed by atoms with Crippen molar-refractivity contribution in [1.29, 1.82) is 5.26 Å². The number of allylic oxidation sites excluding steroid dienone is 2. The molecule has 29 heavy (non-hydrogen) atoms. The zero-order chi connectivity index (χ0) is 20.9. The predicted molar refractivity (Wildman–Crippen MR) is 106 cm³/mol. The molecule has 0 amide bonds. The third kappa shape index (κ3) is 6.32. The van der Waals surface area contributed by atoms with Crippen molar-refractivity contribution >= 4 is 0 Å². The Kier molecular flexibility index (Phi) is 7.38. The second-order valence-corrected chi connectivity index (χ2v) is 8.82. The summed E-state index contributed by atoms with van der Waals surface area (Å²) >= 11 is 0. The summed E-state index contributed by atoms with van der Waals surface area (Å²) < 4.78 is 51.2. The summed E-state index contributed by atoms with van der Waals surface area (Å²) in [6.45, 7) is 0. The number of alkyl halides is 3. The number of rotatable bonds is 5. The van der Waals surface area contributed by atoms with Crippen LogP contribution in [0, 0.1) is 29.1 Å². The highest BCUT2D eigenvalue weighted by Crippen LogP contribution is 2.40. The highest BCUT2D eigenvalue weighted by atomic mass is 19.4. The molecule has 0 aliphatic heterocycles. The van der Waals surface area contributed by atoms with Gasteiger partial charge < -0.3 is 0 Å². The molecule has 5 heteroatoms. The average Bonchev–Trinajstić information content (AvgIpc) is 2.73. The fourth-order valence-electron chi connectivity index (χ4n) is 5.09. The van der Waals surface area contributed by atoms with Gasteiger partial charge >= 0.3 is 6.18 Å². The van der Waals surface area contributed by atoms with Crippen LogP contribution >= 0.6 is 0 Å². The molecule has 158 valence electrons. The smallest absolute Gasteiger partial charge is 0.195 e. The van der Waals surface area contributed by atoms with Crippen molar-refractivity contribution in [3.05, 3.63) is 47.3 Å². The van der Waals surface area contributed by atoms with Crippen LogP contribution in [0.25, 0.3) is 0 Å². The summed E-state index contributed by atoms with van der Waals surface area (Å²) in [6.07, 6.45) is 8.23. The Bertz CT molecular complexity index is 713. The monoisotopic (exact) mass is 407 g/mol. The quantitative estimate of drug-likeness (QED) is 0.359. The minimum Gasteiger partial charge on any atom is -0.195 e. The zero-order valence-electron chi connectivity index (χ0n) is 16.7. The fraction of sp³-hybridized carbons (Fsp3) is 0.625. The zero-order valence-corrected chi connectivity index (χ0v) is 16.7. The normalized spacial score (nSPS) is 28.7. The van der Waals surface area contributed by atoms with Gasteiger partial charge in [-0.2, -0.15) is 22.8 Å². The van der Waals surface area contributed by atoms with Crippen molar-refractivity contribution in [2.45, 2.75) is 76.3 Å². The molecule has 3 rings (SSSR count). The molecular weight excluding hydrogens is 378 g/mol. The van der Waals surface area contributed by atoms with E-state index in [0.29, 0.717) is 17.8 Å². The number of hydrogen-bond acceptors (Lipinski definition) is 1. The van der Waals surface area contributed by atoms with E-state index < -0.39 is 17.6 Å². The van der Waals surface area contributed by atoms with E-state index in [1.165, 1.54) is 31.1 Å². The van der Waals surface area contributed by atoms with Crippen molar-refractivity contribution in [1.82, 2.24) is 0 Å². The maximum Gasteiger partial charge on any atom is 0.416 e. The summed E-state index contributed by atoms with van der Waals surface area (Å²) in [7, 11) is 0. The fourth-order valence-corrected chi connectivity index (χ4v) is 5.09. The van der Waals surface area contributed by atoms with E-state index in [-0.39, 0.29) is 5.92 Å². The Morgan fingerprint density at radius 2 is 1.41 bits per heavy atom. The van der Waals surface area contributed by atoms with Gasteiger partial charge in [-0.15, -0.1) is 0 Å². The van der Waals surface area contributed by atoms with E-state index in [0.717, 1.165) is 56.9 Å². The van der Waals surface area contributed by atoms with Crippen LogP contribution in [0.3, 0.4) is 0 Å². The van der Waals surface area contributed by atoms with Crippen LogP contribution in [-0.2, 0) is 6.18 Å². The van der Waals surface area contributed by atoms with Crippen LogP contribution in [0.15, 0.2) is 36.2 Å². The Morgan fingerprint density at radius 1 is 0.897 bits per heavy atom. The second-order valence-electron chi connectivity index (χ2n) is 8.82. The van der Waals surface area contributed by atoms with Crippen LogP contribution in [0.5, 0.6) is 0 Å². The molecule has 2 saturated carbocycles. The first-order valence-electron chi connectivity index (χ1n) is 10.8.